The maximum atomic E-state index is 13.8. The van der Waals surface area contributed by atoms with Gasteiger partial charge in [-0.05, 0) is 57.6 Å². The largest absolute Gasteiger partial charge is 0.459 e. The average Bonchev–Trinajstić information content (AvgIpc) is 3.05. The average molecular weight is 721 g/mol. The van der Waals surface area contributed by atoms with Gasteiger partial charge in [-0.15, -0.1) is 19.0 Å². The second-order valence-electron chi connectivity index (χ2n) is 12.3. The quantitative estimate of drug-likeness (QED) is 0.105. The zero-order valence-corrected chi connectivity index (χ0v) is 30.6. The molecule has 1 aliphatic heterocycles. The molecule has 1 heterocycles. The number of esters is 1. The zero-order valence-electron chi connectivity index (χ0n) is 29.8. The van der Waals surface area contributed by atoms with Crippen LogP contribution in [0.2, 0.25) is 0 Å². The predicted molar refractivity (Wildman–Crippen MR) is 192 cm³/mol. The van der Waals surface area contributed by atoms with E-state index < -0.39 is 59.9 Å². The van der Waals surface area contributed by atoms with Gasteiger partial charge in [0.2, 0.25) is 11.6 Å². The number of amides is 2. The molecule has 50 heavy (non-hydrogen) atoms. The van der Waals surface area contributed by atoms with E-state index in [0.29, 0.717) is 31.4 Å². The summed E-state index contributed by atoms with van der Waals surface area (Å²) in [4.78, 5) is 65.1. The number of carbonyl (C=O) groups is 5. The van der Waals surface area contributed by atoms with Crippen LogP contribution in [0.4, 0.5) is 4.79 Å². The molecule has 0 unspecified atom stereocenters. The maximum absolute atomic E-state index is 13.8. The minimum absolute atomic E-state index is 0. The van der Waals surface area contributed by atoms with Crippen molar-refractivity contribution in [1.29, 1.82) is 0 Å². The molecule has 13 nitrogen and oxygen atoms in total. The van der Waals surface area contributed by atoms with E-state index in [0.717, 1.165) is 6.08 Å². The van der Waals surface area contributed by atoms with Gasteiger partial charge in [-0.2, -0.15) is 0 Å². The predicted octanol–water partition coefficient (Wildman–Crippen LogP) is 3.64. The molecule has 6 N–H and O–H groups in total. The van der Waals surface area contributed by atoms with E-state index in [9.17, 15) is 24.0 Å². The highest BCUT2D eigenvalue weighted by molar-refractivity contribution is 6.23. The first-order valence-corrected chi connectivity index (χ1v) is 16.4. The highest BCUT2D eigenvalue weighted by Gasteiger charge is 2.35. The van der Waals surface area contributed by atoms with Gasteiger partial charge in [0, 0.05) is 50.3 Å². The van der Waals surface area contributed by atoms with Gasteiger partial charge in [0.1, 0.15) is 12.2 Å². The molecule has 0 aromatic carbocycles. The Morgan fingerprint density at radius 1 is 1.10 bits per heavy atom. The van der Waals surface area contributed by atoms with Gasteiger partial charge in [-0.3, -0.25) is 19.2 Å². The van der Waals surface area contributed by atoms with Crippen LogP contribution in [0.1, 0.15) is 59.8 Å². The SMILES string of the molecule is C=CCNC1=C2C[C@@H](C)C[C@@H](OC)[C@H](OC(=O)CCCCN)[C@H](C)/C=C(\C)[C@@H](OC(N)=O)[C@H](OC)/C=C\C=C(/C)C(=O)NC(=CC1=O)C2=O.Cl. The Labute approximate surface area is 301 Å². The van der Waals surface area contributed by atoms with Gasteiger partial charge < -0.3 is 41.0 Å². The number of fused-ring (bicyclic) bond motifs is 2. The zero-order chi connectivity index (χ0) is 36.7. The summed E-state index contributed by atoms with van der Waals surface area (Å²) in [5.74, 6) is -2.70. The van der Waals surface area contributed by atoms with Crippen molar-refractivity contribution in [3.05, 3.63) is 71.1 Å². The summed E-state index contributed by atoms with van der Waals surface area (Å²) in [6.45, 7) is 11.4. The fourth-order valence-electron chi connectivity index (χ4n) is 5.75. The van der Waals surface area contributed by atoms with Crippen LogP contribution in [0.25, 0.3) is 0 Å². The highest BCUT2D eigenvalue weighted by Crippen LogP contribution is 2.30. The molecule has 0 spiro atoms. The summed E-state index contributed by atoms with van der Waals surface area (Å²) in [5, 5.41) is 5.56. The number of allylic oxidation sites excluding steroid dienone is 4. The third kappa shape index (κ3) is 13.0. The van der Waals surface area contributed by atoms with E-state index >= 15 is 0 Å². The van der Waals surface area contributed by atoms with Crippen LogP contribution in [0.3, 0.4) is 0 Å². The van der Waals surface area contributed by atoms with Gasteiger partial charge in [-0.25, -0.2) is 4.79 Å². The van der Waals surface area contributed by atoms with Crippen LogP contribution in [0, 0.1) is 11.8 Å². The van der Waals surface area contributed by atoms with Crippen molar-refractivity contribution in [1.82, 2.24) is 10.6 Å². The minimum atomic E-state index is -1.02. The van der Waals surface area contributed by atoms with Gasteiger partial charge in [0.15, 0.2) is 6.10 Å². The number of nitrogens with one attached hydrogen (secondary N) is 2. The van der Waals surface area contributed by atoms with Gasteiger partial charge in [0.25, 0.3) is 5.91 Å². The molecule has 2 rings (SSSR count). The molecule has 0 radical (unpaired) electrons. The van der Waals surface area contributed by atoms with Gasteiger partial charge in [0.05, 0.1) is 17.5 Å². The van der Waals surface area contributed by atoms with Crippen molar-refractivity contribution in [2.45, 2.75) is 84.2 Å². The lowest BCUT2D eigenvalue weighted by Gasteiger charge is -2.32. The van der Waals surface area contributed by atoms with E-state index in [4.69, 9.17) is 30.4 Å². The van der Waals surface area contributed by atoms with Crippen molar-refractivity contribution >= 4 is 41.9 Å². The highest BCUT2D eigenvalue weighted by atomic mass is 35.5. The lowest BCUT2D eigenvalue weighted by atomic mass is 9.85. The van der Waals surface area contributed by atoms with Crippen LogP contribution in [0.15, 0.2) is 71.1 Å². The van der Waals surface area contributed by atoms with Crippen molar-refractivity contribution in [2.24, 2.45) is 23.3 Å². The Bertz CT molecular complexity index is 1400. The number of carbonyl (C=O) groups excluding carboxylic acids is 5. The number of nitrogens with two attached hydrogens (primary N) is 2. The van der Waals surface area contributed by atoms with E-state index in [2.05, 4.69) is 17.2 Å². The van der Waals surface area contributed by atoms with Crippen molar-refractivity contribution in [3.8, 4) is 0 Å². The summed E-state index contributed by atoms with van der Waals surface area (Å²) in [5.41, 5.74) is 12.0. The molecular formula is C36H53ClN4O9. The number of methoxy groups -OCH3 is 2. The van der Waals surface area contributed by atoms with E-state index in [1.54, 1.807) is 32.1 Å². The third-order valence-electron chi connectivity index (χ3n) is 8.28. The summed E-state index contributed by atoms with van der Waals surface area (Å²) < 4.78 is 23.1. The molecule has 0 saturated heterocycles. The Morgan fingerprint density at radius 3 is 2.40 bits per heavy atom. The van der Waals surface area contributed by atoms with Gasteiger partial charge in [-0.1, -0.05) is 44.2 Å². The van der Waals surface area contributed by atoms with Crippen molar-refractivity contribution < 1.29 is 42.9 Å². The molecule has 0 aromatic rings. The fraction of sp³-hybridized carbons (Fsp3) is 0.528. The molecule has 6 atom stereocenters. The normalized spacial score (nSPS) is 28.1. The fourth-order valence-corrected chi connectivity index (χ4v) is 5.75. The molecule has 2 bridgehead atoms. The molecular weight excluding hydrogens is 668 g/mol. The number of ketones is 2. The molecule has 278 valence electrons. The molecule has 2 amide bonds. The first-order chi connectivity index (χ1) is 23.3. The lowest BCUT2D eigenvalue weighted by Crippen LogP contribution is -2.40. The topological polar surface area (TPSA) is 198 Å². The molecule has 14 heteroatoms. The van der Waals surface area contributed by atoms with Crippen molar-refractivity contribution in [2.75, 3.05) is 27.3 Å². The number of ether oxygens (including phenoxy) is 4. The number of rotatable bonds is 11. The molecule has 1 aliphatic carbocycles. The summed E-state index contributed by atoms with van der Waals surface area (Å²) in [6, 6.07) is 0. The monoisotopic (exact) mass is 720 g/mol. The second kappa shape index (κ2) is 21.9. The Kier molecular flexibility index (Phi) is 19.3. The molecule has 2 aliphatic rings. The standard InChI is InChI=1S/C36H52N4O9.ClH/c1-8-16-39-31-25-17-21(2)18-29(47-7)34(48-30(42)14-9-10-15-37)24(5)19-23(4)33(49-36(38)45)28(46-6)13-11-12-22(3)35(44)40-26(32(25)43)20-27(31)41;/h8,11-13,19-21,24,28-29,33-34,39H,1,9-10,14-18,37H2,2-7H3,(H2,38,45)(H,40,44);1H/b13-11-,22-12+,23-19+;/t21-,24-,28-,29-,33-,34-;/m1./s1. The Morgan fingerprint density at radius 2 is 1.80 bits per heavy atom. The third-order valence-corrected chi connectivity index (χ3v) is 8.28. The molecule has 0 saturated carbocycles. The van der Waals surface area contributed by atoms with Crippen LogP contribution in [-0.4, -0.2) is 81.3 Å². The molecule has 0 aromatic heterocycles. The van der Waals surface area contributed by atoms with E-state index in [1.165, 1.54) is 20.3 Å². The first-order valence-electron chi connectivity index (χ1n) is 16.4. The molecule has 0 fully saturated rings. The smallest absolute Gasteiger partial charge is 0.405 e. The summed E-state index contributed by atoms with van der Waals surface area (Å²) >= 11 is 0. The Hall–Kier alpha value is -4.04. The maximum Gasteiger partial charge on any atom is 0.405 e. The summed E-state index contributed by atoms with van der Waals surface area (Å²) in [7, 11) is 2.94. The lowest BCUT2D eigenvalue weighted by molar-refractivity contribution is -0.160. The number of Topliss-reactive ketones (excluding diaryl/α,β-unsaturated/α-hetero) is 1. The minimum Gasteiger partial charge on any atom is -0.459 e. The van der Waals surface area contributed by atoms with Crippen LogP contribution in [0.5, 0.6) is 0 Å². The van der Waals surface area contributed by atoms with E-state index in [-0.39, 0.29) is 60.3 Å². The van der Waals surface area contributed by atoms with Crippen LogP contribution < -0.4 is 22.1 Å². The van der Waals surface area contributed by atoms with Crippen LogP contribution in [-0.2, 0) is 38.1 Å². The van der Waals surface area contributed by atoms with Crippen LogP contribution >= 0.6 is 12.4 Å². The van der Waals surface area contributed by atoms with Crippen molar-refractivity contribution in [3.63, 3.8) is 0 Å². The second-order valence-corrected chi connectivity index (χ2v) is 12.3. The number of primary amides is 1. The summed E-state index contributed by atoms with van der Waals surface area (Å²) in [6.07, 6.45) is 6.71. The number of hydrogen-bond acceptors (Lipinski definition) is 11. The van der Waals surface area contributed by atoms with E-state index in [1.807, 2.05) is 19.9 Å². The number of unbranched alkanes of at least 4 members (excludes halogenated alkanes) is 1. The first kappa shape index (κ1) is 44.0. The number of halogens is 1. The Balaban J connectivity index is 0.0000125. The van der Waals surface area contributed by atoms with Gasteiger partial charge >= 0.3 is 12.1 Å². The number of hydrogen-bond donors (Lipinski definition) is 4.